The molecule has 2 heterocycles. The minimum Gasteiger partial charge on any atom is -0.494 e. The molecule has 0 spiro atoms. The first-order valence-electron chi connectivity index (χ1n) is 8.53. The minimum atomic E-state index is -0.217. The van der Waals surface area contributed by atoms with Gasteiger partial charge in [-0.1, -0.05) is 0 Å². The van der Waals surface area contributed by atoms with Crippen LogP contribution in [0.2, 0.25) is 0 Å². The van der Waals surface area contributed by atoms with Gasteiger partial charge in [0.15, 0.2) is 0 Å². The van der Waals surface area contributed by atoms with Crippen LogP contribution in [0.5, 0.6) is 5.75 Å². The molecule has 0 radical (unpaired) electrons. The Hall–Kier alpha value is -2.47. The number of rotatable bonds is 4. The van der Waals surface area contributed by atoms with Crippen molar-refractivity contribution in [3.05, 3.63) is 47.4 Å². The number of amides is 2. The monoisotopic (exact) mass is 344 g/mol. The lowest BCUT2D eigenvalue weighted by Crippen LogP contribution is -2.45. The Morgan fingerprint density at radius 3 is 2.84 bits per heavy atom. The van der Waals surface area contributed by atoms with Gasteiger partial charge in [-0.3, -0.25) is 0 Å². The van der Waals surface area contributed by atoms with E-state index in [2.05, 4.69) is 5.32 Å². The number of furan rings is 1. The van der Waals surface area contributed by atoms with Crippen LogP contribution in [0.3, 0.4) is 0 Å². The van der Waals surface area contributed by atoms with Crippen molar-refractivity contribution in [3.8, 4) is 5.75 Å². The van der Waals surface area contributed by atoms with Gasteiger partial charge >= 0.3 is 6.03 Å². The van der Waals surface area contributed by atoms with Gasteiger partial charge in [0, 0.05) is 12.2 Å². The zero-order valence-corrected chi connectivity index (χ0v) is 14.9. The zero-order chi connectivity index (χ0) is 17.8. The molecule has 1 aliphatic heterocycles. The first-order chi connectivity index (χ1) is 12.1. The van der Waals surface area contributed by atoms with Crippen molar-refractivity contribution in [1.29, 1.82) is 0 Å². The number of carbonyl (C=O) groups is 1. The number of nitrogens with one attached hydrogen (secondary N) is 1. The van der Waals surface area contributed by atoms with Crippen LogP contribution in [0.4, 0.5) is 10.5 Å². The van der Waals surface area contributed by atoms with Crippen molar-refractivity contribution < 1.29 is 18.7 Å². The fourth-order valence-corrected chi connectivity index (χ4v) is 2.93. The summed E-state index contributed by atoms with van der Waals surface area (Å²) in [6.07, 6.45) is 0. The summed E-state index contributed by atoms with van der Waals surface area (Å²) in [5, 5.41) is 2.99. The number of nitrogens with zero attached hydrogens (tertiary/aromatic N) is 1. The molecule has 1 aromatic heterocycles. The Kier molecular flexibility index (Phi) is 5.28. The summed E-state index contributed by atoms with van der Waals surface area (Å²) < 4.78 is 16.7. The fourth-order valence-electron chi connectivity index (χ4n) is 2.93. The highest BCUT2D eigenvalue weighted by molar-refractivity contribution is 5.90. The molecule has 1 aliphatic rings. The van der Waals surface area contributed by atoms with Crippen LogP contribution in [0.15, 0.2) is 34.7 Å². The molecular formula is C19H24N2O4. The molecule has 134 valence electrons. The maximum Gasteiger partial charge on any atom is 0.322 e. The molecule has 1 N–H and O–H groups in total. The molecule has 0 aliphatic carbocycles. The number of hydrogen-bond acceptors (Lipinski definition) is 4. The molecular weight excluding hydrogens is 320 g/mol. The maximum atomic E-state index is 12.8. The van der Waals surface area contributed by atoms with Crippen molar-refractivity contribution >= 4 is 11.7 Å². The van der Waals surface area contributed by atoms with E-state index in [9.17, 15) is 4.79 Å². The van der Waals surface area contributed by atoms with Crippen LogP contribution in [0.1, 0.15) is 30.0 Å². The van der Waals surface area contributed by atoms with E-state index in [1.807, 2.05) is 51.1 Å². The van der Waals surface area contributed by atoms with Crippen LogP contribution >= 0.6 is 0 Å². The van der Waals surface area contributed by atoms with Crippen LogP contribution in [-0.4, -0.2) is 37.3 Å². The second kappa shape index (κ2) is 7.61. The van der Waals surface area contributed by atoms with Gasteiger partial charge in [-0.2, -0.15) is 0 Å². The largest absolute Gasteiger partial charge is 0.494 e. The van der Waals surface area contributed by atoms with E-state index >= 15 is 0 Å². The third-order valence-corrected chi connectivity index (χ3v) is 4.23. The third kappa shape index (κ3) is 3.96. The van der Waals surface area contributed by atoms with Crippen LogP contribution < -0.4 is 10.1 Å². The van der Waals surface area contributed by atoms with E-state index in [4.69, 9.17) is 13.9 Å². The van der Waals surface area contributed by atoms with Gasteiger partial charge in [0.2, 0.25) is 0 Å². The highest BCUT2D eigenvalue weighted by Gasteiger charge is 2.31. The summed E-state index contributed by atoms with van der Waals surface area (Å²) in [6, 6.07) is 9.07. The van der Waals surface area contributed by atoms with Crippen LogP contribution in [0.25, 0.3) is 0 Å². The van der Waals surface area contributed by atoms with Crippen molar-refractivity contribution in [3.63, 3.8) is 0 Å². The fraction of sp³-hybridized carbons (Fsp3) is 0.421. The number of ether oxygens (including phenoxy) is 2. The molecule has 25 heavy (non-hydrogen) atoms. The smallest absolute Gasteiger partial charge is 0.322 e. The number of hydrogen-bond donors (Lipinski definition) is 1. The number of benzene rings is 1. The summed E-state index contributed by atoms with van der Waals surface area (Å²) in [5.41, 5.74) is 1.73. The summed E-state index contributed by atoms with van der Waals surface area (Å²) >= 11 is 0. The predicted octanol–water partition coefficient (Wildman–Crippen LogP) is 3.90. The highest BCUT2D eigenvalue weighted by Crippen LogP contribution is 2.28. The standard InChI is InChI=1S/C19H24N2O4/c1-4-24-15-6-7-16(13(2)11-15)20-19(22)21-9-10-23-12-17(21)18-8-5-14(3)25-18/h5-8,11,17H,4,9-10,12H2,1-3H3,(H,20,22)/t17-/m1/s1. The summed E-state index contributed by atoms with van der Waals surface area (Å²) in [4.78, 5) is 14.6. The van der Waals surface area contributed by atoms with Gasteiger partial charge in [0.1, 0.15) is 23.3 Å². The maximum absolute atomic E-state index is 12.8. The molecule has 1 atom stereocenters. The summed E-state index contributed by atoms with van der Waals surface area (Å²) in [7, 11) is 0. The molecule has 1 fully saturated rings. The molecule has 0 unspecified atom stereocenters. The number of anilines is 1. The molecule has 1 saturated heterocycles. The number of carbonyl (C=O) groups excluding carboxylic acids is 1. The number of aryl methyl sites for hydroxylation is 2. The highest BCUT2D eigenvalue weighted by atomic mass is 16.5. The second-order valence-corrected chi connectivity index (χ2v) is 6.07. The molecule has 0 bridgehead atoms. The Morgan fingerprint density at radius 2 is 2.16 bits per heavy atom. The summed E-state index contributed by atoms with van der Waals surface area (Å²) in [6.45, 7) is 7.87. The van der Waals surface area contributed by atoms with E-state index < -0.39 is 0 Å². The third-order valence-electron chi connectivity index (χ3n) is 4.23. The molecule has 3 rings (SSSR count). The van der Waals surface area contributed by atoms with Gasteiger partial charge < -0.3 is 24.1 Å². The number of urea groups is 1. The van der Waals surface area contributed by atoms with Gasteiger partial charge in [0.05, 0.1) is 19.8 Å². The van der Waals surface area contributed by atoms with E-state index in [1.54, 1.807) is 4.90 Å². The van der Waals surface area contributed by atoms with E-state index in [0.29, 0.717) is 26.4 Å². The first-order valence-corrected chi connectivity index (χ1v) is 8.53. The van der Waals surface area contributed by atoms with Crippen molar-refractivity contribution in [2.45, 2.75) is 26.8 Å². The number of morpholine rings is 1. The predicted molar refractivity (Wildman–Crippen MR) is 95.1 cm³/mol. The average Bonchev–Trinajstić information content (AvgIpc) is 3.04. The quantitative estimate of drug-likeness (QED) is 0.913. The Bertz CT molecular complexity index is 741. The van der Waals surface area contributed by atoms with Gasteiger partial charge in [-0.05, 0) is 56.7 Å². The minimum absolute atomic E-state index is 0.158. The molecule has 0 saturated carbocycles. The lowest BCUT2D eigenvalue weighted by atomic mass is 10.1. The SMILES string of the molecule is CCOc1ccc(NC(=O)N2CCOC[C@@H]2c2ccc(C)o2)c(C)c1. The Balaban J connectivity index is 1.74. The second-order valence-electron chi connectivity index (χ2n) is 6.07. The van der Waals surface area contributed by atoms with Gasteiger partial charge in [0.25, 0.3) is 0 Å². The summed E-state index contributed by atoms with van der Waals surface area (Å²) in [5.74, 6) is 2.37. The van der Waals surface area contributed by atoms with Crippen molar-refractivity contribution in [1.82, 2.24) is 4.90 Å². The molecule has 6 heteroatoms. The zero-order valence-electron chi connectivity index (χ0n) is 14.9. The Morgan fingerprint density at radius 1 is 1.32 bits per heavy atom. The van der Waals surface area contributed by atoms with Crippen molar-refractivity contribution in [2.75, 3.05) is 31.7 Å². The molecule has 2 amide bonds. The first kappa shape index (κ1) is 17.4. The van der Waals surface area contributed by atoms with Gasteiger partial charge in [-0.25, -0.2) is 4.79 Å². The van der Waals surface area contributed by atoms with E-state index in [-0.39, 0.29) is 12.1 Å². The van der Waals surface area contributed by atoms with Crippen molar-refractivity contribution in [2.24, 2.45) is 0 Å². The van der Waals surface area contributed by atoms with Crippen LogP contribution in [-0.2, 0) is 4.74 Å². The lowest BCUT2D eigenvalue weighted by Gasteiger charge is -2.34. The normalized spacial score (nSPS) is 17.4. The van der Waals surface area contributed by atoms with Gasteiger partial charge in [-0.15, -0.1) is 0 Å². The topological polar surface area (TPSA) is 63.9 Å². The lowest BCUT2D eigenvalue weighted by molar-refractivity contribution is 0.00710. The van der Waals surface area contributed by atoms with E-state index in [0.717, 1.165) is 28.5 Å². The molecule has 6 nitrogen and oxygen atoms in total. The molecule has 2 aromatic rings. The molecule has 1 aromatic carbocycles. The van der Waals surface area contributed by atoms with E-state index in [1.165, 1.54) is 0 Å². The Labute approximate surface area is 147 Å². The average molecular weight is 344 g/mol. The van der Waals surface area contributed by atoms with Crippen LogP contribution in [0, 0.1) is 13.8 Å².